The lowest BCUT2D eigenvalue weighted by Gasteiger charge is -2.09. The SMILES string of the molecule is CC(NCc1ccc(Br)s1)c1nc2ccccc2s1. The minimum Gasteiger partial charge on any atom is -0.303 e. The highest BCUT2D eigenvalue weighted by atomic mass is 79.9. The molecule has 1 unspecified atom stereocenters. The monoisotopic (exact) mass is 352 g/mol. The number of nitrogens with zero attached hydrogens (tertiary/aromatic N) is 1. The highest BCUT2D eigenvalue weighted by Gasteiger charge is 2.11. The quantitative estimate of drug-likeness (QED) is 0.716. The highest BCUT2D eigenvalue weighted by Crippen LogP contribution is 2.27. The number of halogens is 1. The van der Waals surface area contributed by atoms with Crippen molar-refractivity contribution in [2.24, 2.45) is 0 Å². The van der Waals surface area contributed by atoms with Gasteiger partial charge in [0.15, 0.2) is 0 Å². The molecule has 98 valence electrons. The number of thiazole rings is 1. The summed E-state index contributed by atoms with van der Waals surface area (Å²) in [6.45, 7) is 3.05. The van der Waals surface area contributed by atoms with E-state index in [1.807, 2.05) is 6.07 Å². The Morgan fingerprint density at radius 1 is 1.21 bits per heavy atom. The van der Waals surface area contributed by atoms with Gasteiger partial charge in [-0.2, -0.15) is 0 Å². The molecule has 0 bridgehead atoms. The minimum absolute atomic E-state index is 0.276. The summed E-state index contributed by atoms with van der Waals surface area (Å²) in [5.74, 6) is 0. The Bertz CT molecular complexity index is 656. The first-order valence-electron chi connectivity index (χ1n) is 6.05. The largest absolute Gasteiger partial charge is 0.303 e. The maximum absolute atomic E-state index is 4.68. The molecule has 3 aromatic rings. The summed E-state index contributed by atoms with van der Waals surface area (Å²) < 4.78 is 2.43. The van der Waals surface area contributed by atoms with E-state index in [0.717, 1.165) is 17.1 Å². The molecule has 3 rings (SSSR count). The van der Waals surface area contributed by atoms with E-state index in [-0.39, 0.29) is 6.04 Å². The smallest absolute Gasteiger partial charge is 0.111 e. The van der Waals surface area contributed by atoms with E-state index in [1.165, 1.54) is 13.4 Å². The van der Waals surface area contributed by atoms with Gasteiger partial charge in [0, 0.05) is 11.4 Å². The van der Waals surface area contributed by atoms with Crippen LogP contribution in [0.5, 0.6) is 0 Å². The van der Waals surface area contributed by atoms with Crippen LogP contribution in [0.4, 0.5) is 0 Å². The van der Waals surface area contributed by atoms with Crippen LogP contribution in [0.15, 0.2) is 40.2 Å². The Morgan fingerprint density at radius 3 is 2.79 bits per heavy atom. The fourth-order valence-corrected chi connectivity index (χ4v) is 4.29. The summed E-state index contributed by atoms with van der Waals surface area (Å²) in [7, 11) is 0. The molecule has 0 saturated heterocycles. The first-order valence-corrected chi connectivity index (χ1v) is 8.48. The number of fused-ring (bicyclic) bond motifs is 1. The number of aromatic nitrogens is 1. The van der Waals surface area contributed by atoms with Gasteiger partial charge in [0.1, 0.15) is 5.01 Å². The molecule has 0 radical (unpaired) electrons. The van der Waals surface area contributed by atoms with Crippen molar-refractivity contribution in [3.05, 3.63) is 50.1 Å². The van der Waals surface area contributed by atoms with Crippen LogP contribution in [-0.2, 0) is 6.54 Å². The van der Waals surface area contributed by atoms with Crippen LogP contribution in [0, 0.1) is 0 Å². The molecule has 1 atom stereocenters. The standard InChI is InChI=1S/C14H13BrN2S2/c1-9(16-8-10-6-7-13(15)18-10)14-17-11-4-2-3-5-12(11)19-14/h2-7,9,16H,8H2,1H3. The number of hydrogen-bond acceptors (Lipinski definition) is 4. The molecule has 19 heavy (non-hydrogen) atoms. The minimum atomic E-state index is 0.276. The van der Waals surface area contributed by atoms with Crippen molar-refractivity contribution in [2.45, 2.75) is 19.5 Å². The van der Waals surface area contributed by atoms with Gasteiger partial charge in [-0.1, -0.05) is 12.1 Å². The summed E-state index contributed by atoms with van der Waals surface area (Å²) in [4.78, 5) is 6.01. The molecule has 0 aliphatic rings. The molecule has 1 aromatic carbocycles. The van der Waals surface area contributed by atoms with Gasteiger partial charge in [-0.15, -0.1) is 22.7 Å². The summed E-state index contributed by atoms with van der Waals surface area (Å²) in [6.07, 6.45) is 0. The number of rotatable bonds is 4. The normalized spacial score (nSPS) is 12.9. The molecule has 2 aromatic heterocycles. The van der Waals surface area contributed by atoms with Crippen LogP contribution in [0.25, 0.3) is 10.2 Å². The molecule has 0 fully saturated rings. The van der Waals surface area contributed by atoms with Gasteiger partial charge < -0.3 is 5.32 Å². The van der Waals surface area contributed by atoms with Crippen molar-refractivity contribution in [3.63, 3.8) is 0 Å². The number of thiophene rings is 1. The first kappa shape index (κ1) is 13.2. The molecule has 0 spiro atoms. The molecule has 0 aliphatic carbocycles. The summed E-state index contributed by atoms with van der Waals surface area (Å²) in [5.41, 5.74) is 1.09. The average Bonchev–Trinajstić information content (AvgIpc) is 3.01. The zero-order valence-corrected chi connectivity index (χ0v) is 13.6. The number of hydrogen-bond donors (Lipinski definition) is 1. The summed E-state index contributed by atoms with van der Waals surface area (Å²) in [6, 6.07) is 12.8. The van der Waals surface area contributed by atoms with Crippen molar-refractivity contribution in [3.8, 4) is 0 Å². The molecular formula is C14H13BrN2S2. The van der Waals surface area contributed by atoms with E-state index in [4.69, 9.17) is 0 Å². The van der Waals surface area contributed by atoms with Crippen molar-refractivity contribution in [2.75, 3.05) is 0 Å². The van der Waals surface area contributed by atoms with Gasteiger partial charge in [0.25, 0.3) is 0 Å². The summed E-state index contributed by atoms with van der Waals surface area (Å²) in [5, 5.41) is 4.68. The van der Waals surface area contributed by atoms with Gasteiger partial charge in [0.2, 0.25) is 0 Å². The fraction of sp³-hybridized carbons (Fsp3) is 0.214. The molecular weight excluding hydrogens is 340 g/mol. The second-order valence-corrected chi connectivity index (χ2v) is 7.94. The lowest BCUT2D eigenvalue weighted by atomic mass is 10.3. The molecule has 5 heteroatoms. The van der Waals surface area contributed by atoms with Gasteiger partial charge in [0.05, 0.1) is 20.0 Å². The predicted octanol–water partition coefficient (Wildman–Crippen LogP) is 4.97. The lowest BCUT2D eigenvalue weighted by molar-refractivity contribution is 0.577. The van der Waals surface area contributed by atoms with Gasteiger partial charge in [-0.25, -0.2) is 4.98 Å². The lowest BCUT2D eigenvalue weighted by Crippen LogP contribution is -2.17. The van der Waals surface area contributed by atoms with Gasteiger partial charge in [-0.3, -0.25) is 0 Å². The molecule has 1 N–H and O–H groups in total. The third-order valence-electron chi connectivity index (χ3n) is 2.89. The van der Waals surface area contributed by atoms with Crippen LogP contribution < -0.4 is 5.32 Å². The summed E-state index contributed by atoms with van der Waals surface area (Å²) >= 11 is 7.02. The van der Waals surface area contributed by atoms with E-state index >= 15 is 0 Å². The van der Waals surface area contributed by atoms with Crippen LogP contribution in [-0.4, -0.2) is 4.98 Å². The van der Waals surface area contributed by atoms with Crippen molar-refractivity contribution in [1.29, 1.82) is 0 Å². The van der Waals surface area contributed by atoms with E-state index in [9.17, 15) is 0 Å². The number of nitrogens with one attached hydrogen (secondary N) is 1. The molecule has 2 heterocycles. The molecule has 0 aliphatic heterocycles. The predicted molar refractivity (Wildman–Crippen MR) is 86.9 cm³/mol. The van der Waals surface area contributed by atoms with Crippen LogP contribution >= 0.6 is 38.6 Å². The Balaban J connectivity index is 1.71. The van der Waals surface area contributed by atoms with Gasteiger partial charge >= 0.3 is 0 Å². The van der Waals surface area contributed by atoms with E-state index in [1.54, 1.807) is 22.7 Å². The van der Waals surface area contributed by atoms with E-state index in [0.29, 0.717) is 0 Å². The van der Waals surface area contributed by atoms with Crippen LogP contribution in [0.1, 0.15) is 22.9 Å². The fourth-order valence-electron chi connectivity index (χ4n) is 1.86. The van der Waals surface area contributed by atoms with Crippen LogP contribution in [0.2, 0.25) is 0 Å². The third-order valence-corrected chi connectivity index (χ3v) is 5.73. The van der Waals surface area contributed by atoms with Gasteiger partial charge in [-0.05, 0) is 47.1 Å². The molecule has 2 nitrogen and oxygen atoms in total. The highest BCUT2D eigenvalue weighted by molar-refractivity contribution is 9.11. The third kappa shape index (κ3) is 3.05. The van der Waals surface area contributed by atoms with Crippen molar-refractivity contribution >= 4 is 48.8 Å². The maximum Gasteiger partial charge on any atom is 0.111 e. The maximum atomic E-state index is 4.68. The zero-order chi connectivity index (χ0) is 13.2. The van der Waals surface area contributed by atoms with E-state index < -0.39 is 0 Å². The molecule has 0 saturated carbocycles. The topological polar surface area (TPSA) is 24.9 Å². The van der Waals surface area contributed by atoms with E-state index in [2.05, 4.69) is 63.5 Å². The Morgan fingerprint density at radius 2 is 2.05 bits per heavy atom. The second-order valence-electron chi connectivity index (χ2n) is 4.33. The Kier molecular flexibility index (Phi) is 3.98. The second kappa shape index (κ2) is 5.71. The molecule has 0 amide bonds. The van der Waals surface area contributed by atoms with Crippen molar-refractivity contribution < 1.29 is 0 Å². The number of para-hydroxylation sites is 1. The Hall–Kier alpha value is -0.750. The van der Waals surface area contributed by atoms with Crippen molar-refractivity contribution in [1.82, 2.24) is 10.3 Å². The first-order chi connectivity index (χ1) is 9.22. The average molecular weight is 353 g/mol. The van der Waals surface area contributed by atoms with Crippen LogP contribution in [0.3, 0.4) is 0 Å². The Labute approximate surface area is 128 Å². The zero-order valence-electron chi connectivity index (χ0n) is 10.4. The number of benzene rings is 1.